The highest BCUT2D eigenvalue weighted by Gasteiger charge is 2.09. The third-order valence-electron chi connectivity index (χ3n) is 4.44. The first-order valence-electron chi connectivity index (χ1n) is 9.13. The molecule has 4 rings (SSSR count). The number of aromatic nitrogens is 2. The molecule has 0 aliphatic heterocycles. The number of rotatable bonds is 4. The van der Waals surface area contributed by atoms with E-state index in [1.54, 1.807) is 66.7 Å². The number of benzene rings is 3. The summed E-state index contributed by atoms with van der Waals surface area (Å²) in [4.78, 5) is 31.8. The zero-order chi connectivity index (χ0) is 22.0. The average molecular weight is 471 g/mol. The molecule has 0 bridgehead atoms. The number of nitrogens with one attached hydrogen (secondary N) is 2. The molecular weight excluding hydrogens is 457 g/mol. The van der Waals surface area contributed by atoms with Crippen molar-refractivity contribution in [3.63, 3.8) is 0 Å². The lowest BCUT2D eigenvalue weighted by molar-refractivity contribution is 0.102. The Morgan fingerprint density at radius 3 is 2.48 bits per heavy atom. The van der Waals surface area contributed by atoms with E-state index in [1.165, 1.54) is 0 Å². The highest BCUT2D eigenvalue weighted by atomic mass is 35.5. The number of halogens is 3. The lowest BCUT2D eigenvalue weighted by Gasteiger charge is -2.07. The summed E-state index contributed by atoms with van der Waals surface area (Å²) in [6, 6.07) is 18.6. The molecule has 2 N–H and O–H groups in total. The molecule has 0 atom stereocenters. The first kappa shape index (κ1) is 21.1. The van der Waals surface area contributed by atoms with Crippen LogP contribution in [0.5, 0.6) is 0 Å². The van der Waals surface area contributed by atoms with Crippen molar-refractivity contribution < 1.29 is 4.79 Å². The van der Waals surface area contributed by atoms with Crippen LogP contribution in [0.25, 0.3) is 22.0 Å². The Labute approximate surface area is 192 Å². The molecule has 0 spiro atoms. The number of aromatic amines is 1. The molecule has 0 aliphatic rings. The average Bonchev–Trinajstić information content (AvgIpc) is 2.74. The van der Waals surface area contributed by atoms with Gasteiger partial charge in [0.1, 0.15) is 0 Å². The van der Waals surface area contributed by atoms with Gasteiger partial charge in [-0.1, -0.05) is 46.9 Å². The predicted octanol–water partition coefficient (Wildman–Crippen LogP) is 6.22. The molecule has 0 saturated carbocycles. The lowest BCUT2D eigenvalue weighted by Crippen LogP contribution is -2.11. The summed E-state index contributed by atoms with van der Waals surface area (Å²) >= 11 is 18.2. The van der Waals surface area contributed by atoms with Crippen molar-refractivity contribution in [2.45, 2.75) is 0 Å². The molecule has 8 heteroatoms. The topological polar surface area (TPSA) is 74.8 Å². The first-order chi connectivity index (χ1) is 14.9. The van der Waals surface area contributed by atoms with E-state index in [-0.39, 0.29) is 22.3 Å². The second-order valence-electron chi connectivity index (χ2n) is 6.65. The number of hydrogen-bond donors (Lipinski definition) is 2. The van der Waals surface area contributed by atoms with Crippen LogP contribution >= 0.6 is 34.8 Å². The summed E-state index contributed by atoms with van der Waals surface area (Å²) < 4.78 is 0. The highest BCUT2D eigenvalue weighted by Crippen LogP contribution is 2.23. The van der Waals surface area contributed by atoms with Gasteiger partial charge >= 0.3 is 0 Å². The lowest BCUT2D eigenvalue weighted by atomic mass is 10.1. The van der Waals surface area contributed by atoms with Gasteiger partial charge in [-0.05, 0) is 66.2 Å². The molecule has 1 aromatic heterocycles. The fraction of sp³-hybridized carbons (Fsp3) is 0. The van der Waals surface area contributed by atoms with E-state index in [1.807, 2.05) is 6.07 Å². The van der Waals surface area contributed by atoms with Crippen LogP contribution < -0.4 is 10.9 Å². The standard InChI is InChI=1S/C23H14Cl3N3O2/c24-15-6-4-14(5-7-15)22(30)27-17-3-1-2-13(10-17)11-19(26)21-28-20-9-8-16(25)12-18(20)23(31)29-21/h1-12H,(H,27,30)(H,28,29,31). The fourth-order valence-corrected chi connectivity index (χ4v) is 3.46. The van der Waals surface area contributed by atoms with Crippen molar-refractivity contribution in [2.24, 2.45) is 0 Å². The Kier molecular flexibility index (Phi) is 6.09. The summed E-state index contributed by atoms with van der Waals surface area (Å²) in [5, 5.41) is 4.46. The van der Waals surface area contributed by atoms with E-state index in [4.69, 9.17) is 34.8 Å². The van der Waals surface area contributed by atoms with Crippen LogP contribution in [0.1, 0.15) is 21.7 Å². The molecule has 3 aromatic carbocycles. The zero-order valence-electron chi connectivity index (χ0n) is 15.8. The summed E-state index contributed by atoms with van der Waals surface area (Å²) in [5.74, 6) is -0.0276. The molecular formula is C23H14Cl3N3O2. The molecule has 0 aliphatic carbocycles. The van der Waals surface area contributed by atoms with Crippen LogP contribution in [-0.2, 0) is 0 Å². The van der Waals surface area contributed by atoms with Crippen LogP contribution in [0.15, 0.2) is 71.5 Å². The predicted molar refractivity (Wildman–Crippen MR) is 127 cm³/mol. The van der Waals surface area contributed by atoms with Crippen LogP contribution in [0.3, 0.4) is 0 Å². The van der Waals surface area contributed by atoms with Crippen LogP contribution in [0.4, 0.5) is 5.69 Å². The Balaban J connectivity index is 1.59. The molecule has 1 amide bonds. The minimum absolute atomic E-state index is 0.233. The largest absolute Gasteiger partial charge is 0.322 e. The number of fused-ring (bicyclic) bond motifs is 1. The van der Waals surface area contributed by atoms with Gasteiger partial charge in [0.25, 0.3) is 11.5 Å². The van der Waals surface area contributed by atoms with Crippen molar-refractivity contribution >= 4 is 68.4 Å². The summed E-state index contributed by atoms with van der Waals surface area (Å²) in [7, 11) is 0. The SMILES string of the molecule is O=C(Nc1cccc(C=C(Cl)c2nc3ccc(Cl)cc3c(=O)[nH]2)c1)c1ccc(Cl)cc1. The third kappa shape index (κ3) is 4.97. The summed E-state index contributed by atoms with van der Waals surface area (Å²) in [6.07, 6.45) is 1.65. The second-order valence-corrected chi connectivity index (χ2v) is 7.93. The Morgan fingerprint density at radius 2 is 1.71 bits per heavy atom. The van der Waals surface area contributed by atoms with Gasteiger partial charge in [-0.15, -0.1) is 0 Å². The second kappa shape index (κ2) is 8.94. The van der Waals surface area contributed by atoms with Gasteiger partial charge in [-0.25, -0.2) is 4.98 Å². The van der Waals surface area contributed by atoms with E-state index >= 15 is 0 Å². The number of amides is 1. The molecule has 0 saturated heterocycles. The van der Waals surface area contributed by atoms with Gasteiger partial charge in [0, 0.05) is 21.3 Å². The van der Waals surface area contributed by atoms with Gasteiger partial charge in [0.05, 0.1) is 15.9 Å². The zero-order valence-corrected chi connectivity index (χ0v) is 18.1. The van der Waals surface area contributed by atoms with Crippen LogP contribution in [0.2, 0.25) is 10.0 Å². The maximum absolute atomic E-state index is 12.4. The molecule has 1 heterocycles. The minimum atomic E-state index is -0.335. The molecule has 4 aromatic rings. The Bertz CT molecular complexity index is 1380. The van der Waals surface area contributed by atoms with Crippen molar-refractivity contribution in [3.05, 3.63) is 104 Å². The molecule has 0 fully saturated rings. The quantitative estimate of drug-likeness (QED) is 0.372. The molecule has 5 nitrogen and oxygen atoms in total. The smallest absolute Gasteiger partial charge is 0.259 e. The van der Waals surface area contributed by atoms with Gasteiger partial charge in [0.15, 0.2) is 5.82 Å². The number of anilines is 1. The maximum atomic E-state index is 12.4. The van der Waals surface area contributed by atoms with E-state index in [2.05, 4.69) is 15.3 Å². The van der Waals surface area contributed by atoms with Gasteiger partial charge in [0.2, 0.25) is 0 Å². The molecule has 154 valence electrons. The van der Waals surface area contributed by atoms with Crippen molar-refractivity contribution in [1.82, 2.24) is 9.97 Å². The van der Waals surface area contributed by atoms with Gasteiger partial charge in [-0.3, -0.25) is 9.59 Å². The number of H-pyrrole nitrogens is 1. The number of carbonyl (C=O) groups is 1. The highest BCUT2D eigenvalue weighted by molar-refractivity contribution is 6.50. The minimum Gasteiger partial charge on any atom is -0.322 e. The maximum Gasteiger partial charge on any atom is 0.259 e. The molecule has 0 radical (unpaired) electrons. The van der Waals surface area contributed by atoms with E-state index < -0.39 is 0 Å². The molecule has 31 heavy (non-hydrogen) atoms. The normalized spacial score (nSPS) is 11.5. The van der Waals surface area contributed by atoms with Crippen LogP contribution in [0, 0.1) is 0 Å². The number of carbonyl (C=O) groups excluding carboxylic acids is 1. The Hall–Kier alpha value is -3.12. The molecule has 0 unspecified atom stereocenters. The van der Waals surface area contributed by atoms with E-state index in [0.717, 1.165) is 5.56 Å². The Morgan fingerprint density at radius 1 is 0.968 bits per heavy atom. The first-order valence-corrected chi connectivity index (χ1v) is 10.3. The van der Waals surface area contributed by atoms with Crippen molar-refractivity contribution in [2.75, 3.05) is 5.32 Å². The number of hydrogen-bond acceptors (Lipinski definition) is 3. The van der Waals surface area contributed by atoms with Crippen LogP contribution in [-0.4, -0.2) is 15.9 Å². The summed E-state index contributed by atoms with van der Waals surface area (Å²) in [6.45, 7) is 0. The fourth-order valence-electron chi connectivity index (χ4n) is 2.95. The number of nitrogens with zero attached hydrogens (tertiary/aromatic N) is 1. The van der Waals surface area contributed by atoms with Gasteiger partial charge in [-0.2, -0.15) is 0 Å². The van der Waals surface area contributed by atoms with Gasteiger partial charge < -0.3 is 10.3 Å². The third-order valence-corrected chi connectivity index (χ3v) is 5.21. The van der Waals surface area contributed by atoms with Crippen molar-refractivity contribution in [1.29, 1.82) is 0 Å². The van der Waals surface area contributed by atoms with Crippen molar-refractivity contribution in [3.8, 4) is 0 Å². The van der Waals surface area contributed by atoms with E-state index in [0.29, 0.717) is 32.2 Å². The summed E-state index contributed by atoms with van der Waals surface area (Å²) in [5.41, 5.74) is 1.95. The monoisotopic (exact) mass is 469 g/mol. The van der Waals surface area contributed by atoms with E-state index in [9.17, 15) is 9.59 Å².